The highest BCUT2D eigenvalue weighted by Crippen LogP contribution is 2.29. The number of nitrogens with zero attached hydrogens (tertiary/aromatic N) is 4. The largest absolute Gasteiger partial charge is 0.497 e. The van der Waals surface area contributed by atoms with Crippen LogP contribution in [0.1, 0.15) is 0 Å². The second kappa shape index (κ2) is 9.31. The summed E-state index contributed by atoms with van der Waals surface area (Å²) in [5.74, 6) is 1.26. The molecule has 32 heavy (non-hydrogen) atoms. The predicted molar refractivity (Wildman–Crippen MR) is 123 cm³/mol. The molecule has 0 amide bonds. The molecular weight excluding hydrogens is 430 g/mol. The highest BCUT2D eigenvalue weighted by molar-refractivity contribution is 7.92. The van der Waals surface area contributed by atoms with Gasteiger partial charge < -0.3 is 19.3 Å². The van der Waals surface area contributed by atoms with Crippen molar-refractivity contribution in [1.82, 2.24) is 9.97 Å². The highest BCUT2D eigenvalue weighted by Gasteiger charge is 2.22. The Bertz CT molecular complexity index is 1150. The summed E-state index contributed by atoms with van der Waals surface area (Å²) in [5.41, 5.74) is 1.47. The standard InChI is InChI=1S/C22H25N5O4S/c1-30-19-8-9-21(20(14-19)31-2)32(28,29)25-17-15-23-22(24-16-17)27-12-10-26(11-13-27)18-6-4-3-5-7-18/h3-9,14-16,25H,10-13H2,1-2H3. The fraction of sp³-hybridized carbons (Fsp3) is 0.273. The van der Waals surface area contributed by atoms with Crippen LogP contribution in [0.2, 0.25) is 0 Å². The Labute approximate surface area is 187 Å². The zero-order valence-electron chi connectivity index (χ0n) is 17.9. The number of benzene rings is 2. The molecule has 1 saturated heterocycles. The molecule has 0 spiro atoms. The molecule has 2 aromatic carbocycles. The number of anilines is 3. The highest BCUT2D eigenvalue weighted by atomic mass is 32.2. The molecule has 1 N–H and O–H groups in total. The van der Waals surface area contributed by atoms with Gasteiger partial charge in [0, 0.05) is 37.9 Å². The number of hydrogen-bond donors (Lipinski definition) is 1. The molecule has 0 unspecified atom stereocenters. The van der Waals surface area contributed by atoms with E-state index in [0.717, 1.165) is 26.2 Å². The van der Waals surface area contributed by atoms with Gasteiger partial charge in [0.15, 0.2) is 0 Å². The Balaban J connectivity index is 1.42. The molecule has 3 aromatic rings. The molecule has 1 aliphatic rings. The molecule has 0 radical (unpaired) electrons. The summed E-state index contributed by atoms with van der Waals surface area (Å²) in [6.45, 7) is 3.28. The number of rotatable bonds is 7. The summed E-state index contributed by atoms with van der Waals surface area (Å²) >= 11 is 0. The molecule has 0 atom stereocenters. The molecule has 2 heterocycles. The van der Waals surface area contributed by atoms with Crippen molar-refractivity contribution in [3.63, 3.8) is 0 Å². The summed E-state index contributed by atoms with van der Waals surface area (Å²) in [6.07, 6.45) is 2.94. The first-order valence-electron chi connectivity index (χ1n) is 10.1. The van der Waals surface area contributed by atoms with E-state index >= 15 is 0 Å². The van der Waals surface area contributed by atoms with E-state index in [2.05, 4.69) is 36.6 Å². The number of piperazine rings is 1. The molecule has 0 aliphatic carbocycles. The smallest absolute Gasteiger partial charge is 0.265 e. The van der Waals surface area contributed by atoms with E-state index in [-0.39, 0.29) is 16.3 Å². The van der Waals surface area contributed by atoms with Crippen molar-refractivity contribution in [2.45, 2.75) is 4.90 Å². The fourth-order valence-electron chi connectivity index (χ4n) is 3.55. The molecule has 1 fully saturated rings. The average molecular weight is 456 g/mol. The third-order valence-electron chi connectivity index (χ3n) is 5.23. The van der Waals surface area contributed by atoms with Gasteiger partial charge in [-0.15, -0.1) is 0 Å². The maximum Gasteiger partial charge on any atom is 0.265 e. The molecular formula is C22H25N5O4S. The Morgan fingerprint density at radius 3 is 2.16 bits per heavy atom. The zero-order chi connectivity index (χ0) is 22.6. The molecule has 168 valence electrons. The first kappa shape index (κ1) is 21.7. The summed E-state index contributed by atoms with van der Waals surface area (Å²) in [6, 6.07) is 14.8. The second-order valence-electron chi connectivity index (χ2n) is 7.20. The van der Waals surface area contributed by atoms with Gasteiger partial charge in [-0.1, -0.05) is 18.2 Å². The monoisotopic (exact) mass is 455 g/mol. The Hall–Kier alpha value is -3.53. The molecule has 9 nitrogen and oxygen atoms in total. The number of aromatic nitrogens is 2. The molecule has 0 bridgehead atoms. The SMILES string of the molecule is COc1ccc(S(=O)(=O)Nc2cnc(N3CCN(c4ccccc4)CC3)nc2)c(OC)c1. The van der Waals surface area contributed by atoms with Crippen LogP contribution in [-0.4, -0.2) is 58.8 Å². The maximum absolute atomic E-state index is 12.8. The summed E-state index contributed by atoms with van der Waals surface area (Å²) < 4.78 is 38.5. The van der Waals surface area contributed by atoms with Gasteiger partial charge in [0.25, 0.3) is 10.0 Å². The normalized spacial score (nSPS) is 14.2. The van der Waals surface area contributed by atoms with E-state index in [4.69, 9.17) is 9.47 Å². The van der Waals surface area contributed by atoms with E-state index in [0.29, 0.717) is 11.7 Å². The van der Waals surface area contributed by atoms with Gasteiger partial charge in [0.05, 0.1) is 32.3 Å². The average Bonchev–Trinajstić information content (AvgIpc) is 2.84. The van der Waals surface area contributed by atoms with Crippen molar-refractivity contribution in [3.05, 3.63) is 60.9 Å². The number of ether oxygens (including phenoxy) is 2. The Kier molecular flexibility index (Phi) is 6.31. The minimum absolute atomic E-state index is 0.00177. The van der Waals surface area contributed by atoms with Crippen molar-refractivity contribution in [2.24, 2.45) is 0 Å². The lowest BCUT2D eigenvalue weighted by Crippen LogP contribution is -2.47. The van der Waals surface area contributed by atoms with Gasteiger partial charge in [0.1, 0.15) is 16.4 Å². The quantitative estimate of drug-likeness (QED) is 0.581. The summed E-state index contributed by atoms with van der Waals surface area (Å²) in [5, 5.41) is 0. The molecule has 1 aliphatic heterocycles. The lowest BCUT2D eigenvalue weighted by molar-refractivity contribution is 0.386. The maximum atomic E-state index is 12.8. The van der Waals surface area contributed by atoms with Crippen LogP contribution >= 0.6 is 0 Å². The van der Waals surface area contributed by atoms with E-state index in [1.807, 2.05) is 18.2 Å². The van der Waals surface area contributed by atoms with Crippen molar-refractivity contribution in [2.75, 3.05) is 54.9 Å². The van der Waals surface area contributed by atoms with Crippen LogP contribution in [0.4, 0.5) is 17.3 Å². The lowest BCUT2D eigenvalue weighted by atomic mass is 10.2. The van der Waals surface area contributed by atoms with Gasteiger partial charge in [-0.2, -0.15) is 0 Å². The number of nitrogens with one attached hydrogen (secondary N) is 1. The van der Waals surface area contributed by atoms with Crippen molar-refractivity contribution >= 4 is 27.3 Å². The van der Waals surface area contributed by atoms with Gasteiger partial charge in [-0.3, -0.25) is 4.72 Å². The number of hydrogen-bond acceptors (Lipinski definition) is 8. The van der Waals surface area contributed by atoms with Crippen molar-refractivity contribution in [1.29, 1.82) is 0 Å². The lowest BCUT2D eigenvalue weighted by Gasteiger charge is -2.36. The van der Waals surface area contributed by atoms with Gasteiger partial charge in [-0.05, 0) is 24.3 Å². The Morgan fingerprint density at radius 2 is 1.53 bits per heavy atom. The third-order valence-corrected chi connectivity index (χ3v) is 6.66. The summed E-state index contributed by atoms with van der Waals surface area (Å²) in [4.78, 5) is 13.1. The third kappa shape index (κ3) is 4.70. The van der Waals surface area contributed by atoms with Gasteiger partial charge in [0.2, 0.25) is 5.95 Å². The number of para-hydroxylation sites is 1. The minimum Gasteiger partial charge on any atom is -0.497 e. The minimum atomic E-state index is -3.89. The van der Waals surface area contributed by atoms with Crippen LogP contribution in [0.5, 0.6) is 11.5 Å². The topological polar surface area (TPSA) is 96.9 Å². The zero-order valence-corrected chi connectivity index (χ0v) is 18.7. The van der Waals surface area contributed by atoms with E-state index < -0.39 is 10.0 Å². The molecule has 10 heteroatoms. The van der Waals surface area contributed by atoms with Crippen LogP contribution in [0, 0.1) is 0 Å². The van der Waals surface area contributed by atoms with Crippen molar-refractivity contribution < 1.29 is 17.9 Å². The van der Waals surface area contributed by atoms with E-state index in [1.54, 1.807) is 6.07 Å². The predicted octanol–water partition coefficient (Wildman–Crippen LogP) is 2.62. The fourth-order valence-corrected chi connectivity index (χ4v) is 4.73. The van der Waals surface area contributed by atoms with Crippen LogP contribution in [0.3, 0.4) is 0 Å². The van der Waals surface area contributed by atoms with Crippen LogP contribution in [-0.2, 0) is 10.0 Å². The van der Waals surface area contributed by atoms with Gasteiger partial charge >= 0.3 is 0 Å². The second-order valence-corrected chi connectivity index (χ2v) is 8.85. The number of sulfonamides is 1. The van der Waals surface area contributed by atoms with E-state index in [1.165, 1.54) is 44.4 Å². The molecule has 4 rings (SSSR count). The van der Waals surface area contributed by atoms with Crippen LogP contribution < -0.4 is 24.0 Å². The van der Waals surface area contributed by atoms with Crippen molar-refractivity contribution in [3.8, 4) is 11.5 Å². The molecule has 0 saturated carbocycles. The van der Waals surface area contributed by atoms with E-state index in [9.17, 15) is 8.42 Å². The van der Waals surface area contributed by atoms with Gasteiger partial charge in [-0.25, -0.2) is 18.4 Å². The summed E-state index contributed by atoms with van der Waals surface area (Å²) in [7, 11) is -0.980. The van der Waals surface area contributed by atoms with Crippen LogP contribution in [0.15, 0.2) is 65.8 Å². The van der Waals surface area contributed by atoms with Crippen LogP contribution in [0.25, 0.3) is 0 Å². The first-order chi connectivity index (χ1) is 15.5. The molecule has 1 aromatic heterocycles. The first-order valence-corrected chi connectivity index (χ1v) is 11.6. The number of methoxy groups -OCH3 is 2. The Morgan fingerprint density at radius 1 is 0.875 bits per heavy atom.